The summed E-state index contributed by atoms with van der Waals surface area (Å²) in [7, 11) is 1.51. The number of methoxy groups -OCH3 is 1. The average Bonchev–Trinajstić information content (AvgIpc) is 3.35. The van der Waals surface area contributed by atoms with E-state index in [2.05, 4.69) is 22.1 Å². The zero-order valence-electron chi connectivity index (χ0n) is 26.6. The Labute approximate surface area is 304 Å². The smallest absolute Gasteiger partial charge is 0.523 e. The Morgan fingerprint density at radius 1 is 1.18 bits per heavy atom. The minimum atomic E-state index is -1.66. The van der Waals surface area contributed by atoms with Crippen LogP contribution in [0, 0.1) is 50.4 Å². The second-order valence-electron chi connectivity index (χ2n) is 10.6. The van der Waals surface area contributed by atoms with E-state index in [4.69, 9.17) is 9.47 Å². The number of benzene rings is 2. The molecule has 2 aromatic heterocycles. The summed E-state index contributed by atoms with van der Waals surface area (Å²) in [6.07, 6.45) is 12.1. The minimum absolute atomic E-state index is 0. The molecular formula is C36H31F2N5O5U. The van der Waals surface area contributed by atoms with Crippen molar-refractivity contribution >= 4 is 16.8 Å². The minimum Gasteiger partial charge on any atom is -0.523 e. The molecule has 0 spiro atoms. The molecule has 49 heavy (non-hydrogen) atoms. The standard InChI is InChI=1S/C35H28F2N5O5.CH3.U/c1-46-26-11-12-30-27(21-26)31(14-15-38-30)47-32-13-8-24(20-29(32)37)39-33(43)28-22-41(19-18-40-16-4-2-3-5-17-40)35(45)42(34(28)44)25-9-6-23(36)7-10-25;;/h2,5-10,12-17,20-22,29,32H,3,18-19H2,1H3,(H,39,43);1H3;/q2*-1;+2. The van der Waals surface area contributed by atoms with Crippen LogP contribution in [0.2, 0.25) is 0 Å². The summed E-state index contributed by atoms with van der Waals surface area (Å²) in [6, 6.07) is 12.7. The van der Waals surface area contributed by atoms with Gasteiger partial charge >= 0.3 is 36.8 Å². The van der Waals surface area contributed by atoms with Crippen LogP contribution >= 0.6 is 0 Å². The van der Waals surface area contributed by atoms with E-state index in [0.29, 0.717) is 35.4 Å². The van der Waals surface area contributed by atoms with Crippen molar-refractivity contribution < 1.29 is 54.2 Å². The molecule has 248 valence electrons. The van der Waals surface area contributed by atoms with Gasteiger partial charge in [0, 0.05) is 49.3 Å². The fourth-order valence-corrected chi connectivity index (χ4v) is 5.04. The summed E-state index contributed by atoms with van der Waals surface area (Å²) in [5.41, 5.74) is 1.79. The third-order valence-corrected chi connectivity index (χ3v) is 7.46. The molecule has 6 rings (SSSR count). The van der Waals surface area contributed by atoms with E-state index in [1.807, 2.05) is 23.3 Å². The number of fused-ring (bicyclic) bond motifs is 1. The van der Waals surface area contributed by atoms with Crippen molar-refractivity contribution in [1.82, 2.24) is 24.3 Å². The Morgan fingerprint density at radius 3 is 2.73 bits per heavy atom. The van der Waals surface area contributed by atoms with Crippen LogP contribution in [0.15, 0.2) is 119 Å². The third kappa shape index (κ3) is 8.38. The number of alkyl halides is 1. The molecule has 1 aliphatic carbocycles. The van der Waals surface area contributed by atoms with Crippen molar-refractivity contribution in [2.45, 2.75) is 25.2 Å². The third-order valence-electron chi connectivity index (χ3n) is 7.46. The van der Waals surface area contributed by atoms with Crippen molar-refractivity contribution in [3.63, 3.8) is 0 Å². The monoisotopic (exact) mass is 889 g/mol. The first kappa shape index (κ1) is 36.9. The maximum atomic E-state index is 15.4. The van der Waals surface area contributed by atoms with Gasteiger partial charge in [-0.25, -0.2) is 18.1 Å². The van der Waals surface area contributed by atoms with Gasteiger partial charge in [-0.1, -0.05) is 11.5 Å². The molecule has 4 aromatic rings. The molecule has 0 fully saturated rings. The predicted octanol–water partition coefficient (Wildman–Crippen LogP) is 4.80. The SMILES string of the molecule is COc1[c-]cc2nccc(OC3C=CC(NC(=O)c4cn(CCN5C=C=CCC=C5)c(=O)n(-c5ccc(F)cc5)c4=O)=CC3F)c2c1.[CH3-].[U+2]. The van der Waals surface area contributed by atoms with Gasteiger partial charge in [0.25, 0.3) is 11.5 Å². The number of rotatable bonds is 9. The summed E-state index contributed by atoms with van der Waals surface area (Å²) >= 11 is 0. The molecule has 2 unspecified atom stereocenters. The number of allylic oxidation sites excluding steroid dienone is 3. The van der Waals surface area contributed by atoms with Crippen molar-refractivity contribution in [1.29, 1.82) is 0 Å². The Kier molecular flexibility index (Phi) is 12.4. The van der Waals surface area contributed by atoms with Gasteiger partial charge in [-0.3, -0.25) is 14.2 Å². The van der Waals surface area contributed by atoms with Crippen molar-refractivity contribution in [2.75, 3.05) is 13.7 Å². The fraction of sp³-hybridized carbons (Fsp3) is 0.167. The molecule has 0 saturated heterocycles. The van der Waals surface area contributed by atoms with Crippen LogP contribution in [-0.4, -0.2) is 50.9 Å². The van der Waals surface area contributed by atoms with Crippen LogP contribution in [0.1, 0.15) is 16.8 Å². The second-order valence-corrected chi connectivity index (χ2v) is 10.6. The van der Waals surface area contributed by atoms with Gasteiger partial charge in [-0.2, -0.15) is 0 Å². The van der Waals surface area contributed by atoms with Crippen LogP contribution in [0.3, 0.4) is 0 Å². The molecule has 10 nitrogen and oxygen atoms in total. The van der Waals surface area contributed by atoms with Gasteiger partial charge in [-0.15, -0.1) is 23.9 Å². The molecule has 2 aromatic carbocycles. The zero-order valence-corrected chi connectivity index (χ0v) is 30.8. The van der Waals surface area contributed by atoms with Crippen molar-refractivity contribution in [3.05, 3.63) is 155 Å². The topological polar surface area (TPSA) is 108 Å². The van der Waals surface area contributed by atoms with Crippen molar-refractivity contribution in [3.8, 4) is 17.2 Å². The zero-order chi connectivity index (χ0) is 32.9. The Hall–Kier alpha value is -4.95. The normalized spacial score (nSPS) is 16.3. The van der Waals surface area contributed by atoms with E-state index < -0.39 is 35.2 Å². The largest absolute Gasteiger partial charge is 2.00 e. The number of nitrogens with zero attached hydrogens (tertiary/aromatic N) is 4. The average molecular weight is 890 g/mol. The number of pyridine rings is 1. The van der Waals surface area contributed by atoms with Gasteiger partial charge in [0.05, 0.1) is 12.8 Å². The van der Waals surface area contributed by atoms with E-state index in [-0.39, 0.29) is 62.0 Å². The van der Waals surface area contributed by atoms with Gasteiger partial charge in [0.15, 0.2) is 12.3 Å². The summed E-state index contributed by atoms with van der Waals surface area (Å²) in [4.78, 5) is 46.6. The molecular weight excluding hydrogens is 858 g/mol. The number of hydrogen-bond acceptors (Lipinski definition) is 7. The number of amides is 1. The van der Waals surface area contributed by atoms with Gasteiger partial charge in [0.2, 0.25) is 0 Å². The summed E-state index contributed by atoms with van der Waals surface area (Å²) in [5, 5.41) is 3.17. The number of aromatic nitrogens is 3. The van der Waals surface area contributed by atoms with Gasteiger partial charge in [-0.05, 0) is 66.6 Å². The van der Waals surface area contributed by atoms with E-state index in [0.717, 1.165) is 16.7 Å². The molecule has 1 aliphatic heterocycles. The predicted molar refractivity (Wildman–Crippen MR) is 177 cm³/mol. The number of nitrogens with one attached hydrogen (secondary N) is 1. The molecule has 2 aliphatic rings. The molecule has 1 N–H and O–H groups in total. The van der Waals surface area contributed by atoms with Gasteiger partial charge < -0.3 is 32.1 Å². The van der Waals surface area contributed by atoms with Crippen molar-refractivity contribution in [2.24, 2.45) is 0 Å². The molecule has 1 amide bonds. The Morgan fingerprint density at radius 2 is 1.98 bits per heavy atom. The Bertz CT molecular complexity index is 2120. The number of carbonyl (C=O) groups excluding carboxylic acids is 1. The maximum absolute atomic E-state index is 15.4. The number of halogens is 2. The van der Waals surface area contributed by atoms with E-state index in [1.54, 1.807) is 24.4 Å². The molecule has 2 atom stereocenters. The Balaban J connectivity index is 0.00000270. The van der Waals surface area contributed by atoms with Crippen LogP contribution in [0.25, 0.3) is 16.6 Å². The molecule has 0 bridgehead atoms. The molecule has 13 heteroatoms. The quantitative estimate of drug-likeness (QED) is 0.190. The maximum Gasteiger partial charge on any atom is 2.00 e. The fourth-order valence-electron chi connectivity index (χ4n) is 5.04. The number of ether oxygens (including phenoxy) is 2. The molecule has 3 heterocycles. The molecule has 0 radical (unpaired) electrons. The number of hydrogen-bond donors (Lipinski definition) is 1. The van der Waals surface area contributed by atoms with Gasteiger partial charge in [0.1, 0.15) is 17.1 Å². The second kappa shape index (κ2) is 16.4. The molecule has 0 saturated carbocycles. The van der Waals surface area contributed by atoms with Crippen LogP contribution < -0.4 is 26.0 Å². The van der Waals surface area contributed by atoms with Crippen LogP contribution in [0.5, 0.6) is 11.5 Å². The summed E-state index contributed by atoms with van der Waals surface area (Å²) < 4.78 is 42.3. The van der Waals surface area contributed by atoms with E-state index in [9.17, 15) is 18.8 Å². The van der Waals surface area contributed by atoms with Crippen LogP contribution in [0.4, 0.5) is 8.78 Å². The number of carbonyl (C=O) groups is 1. The van der Waals surface area contributed by atoms with E-state index >= 15 is 4.39 Å². The summed E-state index contributed by atoms with van der Waals surface area (Å²) in [5.74, 6) is -0.568. The summed E-state index contributed by atoms with van der Waals surface area (Å²) in [6.45, 7) is 0.432. The first-order chi connectivity index (χ1) is 22.8. The first-order valence-corrected chi connectivity index (χ1v) is 14.6. The van der Waals surface area contributed by atoms with Crippen LogP contribution in [-0.2, 0) is 6.54 Å². The first-order valence-electron chi connectivity index (χ1n) is 14.6. The van der Waals surface area contributed by atoms with E-state index in [1.165, 1.54) is 54.4 Å².